The van der Waals surface area contributed by atoms with Gasteiger partial charge < -0.3 is 14.8 Å². The Morgan fingerprint density at radius 1 is 1.25 bits per heavy atom. The van der Waals surface area contributed by atoms with E-state index in [1.807, 2.05) is 36.2 Å². The fraction of sp³-hybridized carbons (Fsp3) is 0.400. The minimum atomic E-state index is 0.302. The van der Waals surface area contributed by atoms with Crippen LogP contribution in [0.25, 0.3) is 10.8 Å². The summed E-state index contributed by atoms with van der Waals surface area (Å²) >= 11 is 1.89. The van der Waals surface area contributed by atoms with E-state index in [1.165, 1.54) is 12.2 Å². The first-order valence-electron chi connectivity index (χ1n) is 6.79. The zero-order valence-corrected chi connectivity index (χ0v) is 12.3. The van der Waals surface area contributed by atoms with Gasteiger partial charge in [-0.1, -0.05) is 0 Å². The summed E-state index contributed by atoms with van der Waals surface area (Å²) in [6, 6.07) is 6.02. The number of pyridine rings is 1. The van der Waals surface area contributed by atoms with Crippen LogP contribution < -0.4 is 14.8 Å². The van der Waals surface area contributed by atoms with Gasteiger partial charge in [0.1, 0.15) is 5.82 Å². The highest BCUT2D eigenvalue weighted by molar-refractivity contribution is 7.98. The molecule has 106 valence electrons. The molecule has 2 heterocycles. The molecule has 0 atom stereocenters. The first kappa shape index (κ1) is 13.4. The van der Waals surface area contributed by atoms with E-state index in [2.05, 4.69) is 16.6 Å². The minimum absolute atomic E-state index is 0.302. The summed E-state index contributed by atoms with van der Waals surface area (Å²) in [5.74, 6) is 3.75. The molecule has 0 fully saturated rings. The molecular formula is C15H18N2O2S. The molecule has 0 unspecified atom stereocenters. The quantitative estimate of drug-likeness (QED) is 0.825. The van der Waals surface area contributed by atoms with E-state index >= 15 is 0 Å². The Morgan fingerprint density at radius 3 is 2.95 bits per heavy atom. The minimum Gasteiger partial charge on any atom is -0.454 e. The van der Waals surface area contributed by atoms with E-state index in [4.69, 9.17) is 9.47 Å². The second-order valence-electron chi connectivity index (χ2n) is 4.71. The first-order valence-corrected chi connectivity index (χ1v) is 8.19. The third kappa shape index (κ3) is 2.77. The highest BCUT2D eigenvalue weighted by atomic mass is 32.2. The number of nitrogens with zero attached hydrogens (tertiary/aromatic N) is 1. The predicted molar refractivity (Wildman–Crippen MR) is 84.0 cm³/mol. The van der Waals surface area contributed by atoms with Gasteiger partial charge >= 0.3 is 0 Å². The molecule has 1 aliphatic heterocycles. The van der Waals surface area contributed by atoms with Crippen LogP contribution in [0.1, 0.15) is 12.8 Å². The van der Waals surface area contributed by atoms with Gasteiger partial charge in [0.25, 0.3) is 0 Å². The maximum Gasteiger partial charge on any atom is 0.231 e. The van der Waals surface area contributed by atoms with Gasteiger partial charge in [0.05, 0.1) is 0 Å². The number of ether oxygens (including phenoxy) is 2. The van der Waals surface area contributed by atoms with Gasteiger partial charge in [0, 0.05) is 18.1 Å². The van der Waals surface area contributed by atoms with Crippen LogP contribution in [0.2, 0.25) is 0 Å². The Morgan fingerprint density at radius 2 is 2.10 bits per heavy atom. The van der Waals surface area contributed by atoms with Crippen molar-refractivity contribution in [1.29, 1.82) is 0 Å². The molecule has 1 aromatic carbocycles. The first-order chi connectivity index (χ1) is 9.88. The SMILES string of the molecule is CSCCCCNc1nccc2cc3c(cc12)OCO3. The summed E-state index contributed by atoms with van der Waals surface area (Å²) in [7, 11) is 0. The van der Waals surface area contributed by atoms with Crippen LogP contribution in [0.3, 0.4) is 0 Å². The molecule has 4 nitrogen and oxygen atoms in total. The molecule has 1 aliphatic rings. The molecule has 2 aromatic rings. The van der Waals surface area contributed by atoms with Crippen molar-refractivity contribution in [3.8, 4) is 11.5 Å². The molecule has 3 rings (SSSR count). The lowest BCUT2D eigenvalue weighted by atomic mass is 10.1. The van der Waals surface area contributed by atoms with Crippen molar-refractivity contribution >= 4 is 28.4 Å². The number of nitrogens with one attached hydrogen (secondary N) is 1. The zero-order chi connectivity index (χ0) is 13.8. The second kappa shape index (κ2) is 6.22. The van der Waals surface area contributed by atoms with E-state index in [0.717, 1.165) is 41.1 Å². The Kier molecular flexibility index (Phi) is 4.16. The smallest absolute Gasteiger partial charge is 0.231 e. The molecule has 0 amide bonds. The van der Waals surface area contributed by atoms with Gasteiger partial charge in [0.2, 0.25) is 6.79 Å². The molecule has 1 N–H and O–H groups in total. The highest BCUT2D eigenvalue weighted by Crippen LogP contribution is 2.37. The summed E-state index contributed by atoms with van der Waals surface area (Å²) in [4.78, 5) is 4.44. The summed E-state index contributed by atoms with van der Waals surface area (Å²) in [6.07, 6.45) is 6.35. The number of benzene rings is 1. The van der Waals surface area contributed by atoms with Crippen molar-refractivity contribution in [2.24, 2.45) is 0 Å². The van der Waals surface area contributed by atoms with Crippen LogP contribution in [-0.4, -0.2) is 30.3 Å². The number of thioether (sulfide) groups is 1. The van der Waals surface area contributed by atoms with Gasteiger partial charge in [-0.25, -0.2) is 4.98 Å². The molecule has 0 radical (unpaired) electrons. The van der Waals surface area contributed by atoms with Crippen LogP contribution in [-0.2, 0) is 0 Å². The fourth-order valence-corrected chi connectivity index (χ4v) is 2.77. The Labute approximate surface area is 122 Å². The number of aromatic nitrogens is 1. The third-order valence-corrected chi connectivity index (χ3v) is 4.02. The molecule has 0 bridgehead atoms. The lowest BCUT2D eigenvalue weighted by Gasteiger charge is -2.09. The number of fused-ring (bicyclic) bond motifs is 2. The zero-order valence-electron chi connectivity index (χ0n) is 11.5. The molecule has 0 saturated carbocycles. The van der Waals surface area contributed by atoms with E-state index in [1.54, 1.807) is 0 Å². The number of unbranched alkanes of at least 4 members (excludes halogenated alkanes) is 1. The number of hydrogen-bond acceptors (Lipinski definition) is 5. The largest absolute Gasteiger partial charge is 0.454 e. The summed E-state index contributed by atoms with van der Waals surface area (Å²) in [6.45, 7) is 1.25. The van der Waals surface area contributed by atoms with Gasteiger partial charge in [0.15, 0.2) is 11.5 Å². The third-order valence-electron chi connectivity index (χ3n) is 3.33. The number of rotatable bonds is 6. The molecule has 0 aliphatic carbocycles. The predicted octanol–water partition coefficient (Wildman–Crippen LogP) is 3.52. The van der Waals surface area contributed by atoms with E-state index in [0.29, 0.717) is 6.79 Å². The number of anilines is 1. The summed E-state index contributed by atoms with van der Waals surface area (Å²) in [5, 5.41) is 5.63. The molecule has 1 aromatic heterocycles. The van der Waals surface area contributed by atoms with Crippen molar-refractivity contribution in [2.45, 2.75) is 12.8 Å². The van der Waals surface area contributed by atoms with E-state index < -0.39 is 0 Å². The standard InChI is InChI=1S/C15H18N2O2S/c1-20-7-3-2-5-16-15-12-9-14-13(18-10-19-14)8-11(12)4-6-17-15/h4,6,8-9H,2-3,5,7,10H2,1H3,(H,16,17). The van der Waals surface area contributed by atoms with E-state index in [9.17, 15) is 0 Å². The average Bonchev–Trinajstić information content (AvgIpc) is 2.92. The van der Waals surface area contributed by atoms with E-state index in [-0.39, 0.29) is 0 Å². The Balaban J connectivity index is 1.77. The lowest BCUT2D eigenvalue weighted by Crippen LogP contribution is -2.04. The Hall–Kier alpha value is -1.62. The molecule has 5 heteroatoms. The molecule has 0 saturated heterocycles. The van der Waals surface area contributed by atoms with Gasteiger partial charge in [-0.15, -0.1) is 0 Å². The van der Waals surface area contributed by atoms with Crippen LogP contribution >= 0.6 is 11.8 Å². The number of hydrogen-bond donors (Lipinski definition) is 1. The van der Waals surface area contributed by atoms with Crippen LogP contribution in [0.5, 0.6) is 11.5 Å². The van der Waals surface area contributed by atoms with Crippen molar-refractivity contribution in [3.63, 3.8) is 0 Å². The highest BCUT2D eigenvalue weighted by Gasteiger charge is 2.15. The molecule has 0 spiro atoms. The normalized spacial score (nSPS) is 12.8. The molecular weight excluding hydrogens is 272 g/mol. The van der Waals surface area contributed by atoms with Crippen molar-refractivity contribution in [1.82, 2.24) is 4.98 Å². The average molecular weight is 290 g/mol. The maximum atomic E-state index is 5.44. The summed E-state index contributed by atoms with van der Waals surface area (Å²) in [5.41, 5.74) is 0. The maximum absolute atomic E-state index is 5.44. The monoisotopic (exact) mass is 290 g/mol. The lowest BCUT2D eigenvalue weighted by molar-refractivity contribution is 0.174. The van der Waals surface area contributed by atoms with Crippen LogP contribution in [0, 0.1) is 0 Å². The van der Waals surface area contributed by atoms with Crippen molar-refractivity contribution < 1.29 is 9.47 Å². The van der Waals surface area contributed by atoms with Crippen molar-refractivity contribution in [3.05, 3.63) is 24.4 Å². The van der Waals surface area contributed by atoms with Gasteiger partial charge in [-0.3, -0.25) is 0 Å². The van der Waals surface area contributed by atoms with Gasteiger partial charge in [-0.05, 0) is 48.4 Å². The van der Waals surface area contributed by atoms with Gasteiger partial charge in [-0.2, -0.15) is 11.8 Å². The summed E-state index contributed by atoms with van der Waals surface area (Å²) < 4.78 is 10.8. The van der Waals surface area contributed by atoms with Crippen LogP contribution in [0.15, 0.2) is 24.4 Å². The van der Waals surface area contributed by atoms with Crippen molar-refractivity contribution in [2.75, 3.05) is 30.7 Å². The van der Waals surface area contributed by atoms with Crippen LogP contribution in [0.4, 0.5) is 5.82 Å². The topological polar surface area (TPSA) is 43.4 Å². The molecule has 20 heavy (non-hydrogen) atoms. The second-order valence-corrected chi connectivity index (χ2v) is 5.70. The fourth-order valence-electron chi connectivity index (χ4n) is 2.28. The Bertz CT molecular complexity index is 604.